The van der Waals surface area contributed by atoms with Gasteiger partial charge in [0.2, 0.25) is 5.79 Å². The molecule has 4 fully saturated rings. The molecule has 6 nitrogen and oxygen atoms in total. The largest absolute Gasteiger partial charge is 0.455 e. The molecule has 4 aliphatic rings. The molecule has 0 bridgehead atoms. The van der Waals surface area contributed by atoms with Crippen LogP contribution in [0.15, 0.2) is 11.6 Å². The van der Waals surface area contributed by atoms with E-state index in [2.05, 4.69) is 6.92 Å². The second-order valence-corrected chi connectivity index (χ2v) is 8.75. The van der Waals surface area contributed by atoms with Crippen LogP contribution in [0.5, 0.6) is 0 Å². The Morgan fingerprint density at radius 1 is 1.35 bits per heavy atom. The highest BCUT2D eigenvalue weighted by atomic mass is 16.8. The summed E-state index contributed by atoms with van der Waals surface area (Å²) in [6, 6.07) is 0. The number of hydrogen-bond acceptors (Lipinski definition) is 6. The number of epoxide rings is 1. The number of carbonyl (C=O) groups is 2. The Hall–Kier alpha value is -1.40. The fraction of sp³-hybridized carbons (Fsp3) is 0.800. The normalized spacial score (nSPS) is 52.5. The van der Waals surface area contributed by atoms with Crippen molar-refractivity contribution in [3.63, 3.8) is 0 Å². The Balaban J connectivity index is 1.81. The zero-order chi connectivity index (χ0) is 19.1. The maximum absolute atomic E-state index is 12.6. The van der Waals surface area contributed by atoms with Gasteiger partial charge in [-0.1, -0.05) is 19.9 Å². The fourth-order valence-corrected chi connectivity index (χ4v) is 5.73. The molecule has 2 saturated heterocycles. The topological polar surface area (TPSA) is 85.4 Å². The van der Waals surface area contributed by atoms with Gasteiger partial charge in [-0.15, -0.1) is 0 Å². The minimum Gasteiger partial charge on any atom is -0.455 e. The van der Waals surface area contributed by atoms with E-state index in [0.717, 1.165) is 6.42 Å². The van der Waals surface area contributed by atoms with Crippen molar-refractivity contribution < 1.29 is 28.9 Å². The predicted octanol–water partition coefficient (Wildman–Crippen LogP) is 2.34. The maximum Gasteiger partial charge on any atom is 0.333 e. The van der Waals surface area contributed by atoms with E-state index in [0.29, 0.717) is 18.4 Å². The fourth-order valence-electron chi connectivity index (χ4n) is 5.73. The summed E-state index contributed by atoms with van der Waals surface area (Å²) in [4.78, 5) is 25.0. The first kappa shape index (κ1) is 18.0. The zero-order valence-electron chi connectivity index (χ0n) is 16.1. The molecule has 0 spiro atoms. The molecule has 0 aromatic rings. The standard InChI is InChI=1S/C20H28O6/c1-6-10(2)15(22)24-17-18(5)11(3)14(21)8-7-13(18)9-19-20(17,26-19)12(4)16(23)25-19/h6,11-14,17,21H,7-9H2,1-5H3/b10-6-/t11-,12-,13+,14-,17?,18+,19-,20?/m0/s1. The zero-order valence-corrected chi connectivity index (χ0v) is 16.1. The molecule has 0 radical (unpaired) electrons. The molecule has 1 N–H and O–H groups in total. The van der Waals surface area contributed by atoms with E-state index in [1.165, 1.54) is 0 Å². The summed E-state index contributed by atoms with van der Waals surface area (Å²) in [5.74, 6) is -2.10. The highest BCUT2D eigenvalue weighted by Crippen LogP contribution is 2.74. The smallest absolute Gasteiger partial charge is 0.333 e. The van der Waals surface area contributed by atoms with Gasteiger partial charge in [0.1, 0.15) is 6.10 Å². The van der Waals surface area contributed by atoms with Gasteiger partial charge in [0.05, 0.1) is 12.0 Å². The molecule has 144 valence electrons. The lowest BCUT2D eigenvalue weighted by molar-refractivity contribution is -0.192. The van der Waals surface area contributed by atoms with Crippen LogP contribution in [0.4, 0.5) is 0 Å². The number of aliphatic hydroxyl groups excluding tert-OH is 1. The van der Waals surface area contributed by atoms with Crippen molar-refractivity contribution in [2.45, 2.75) is 77.5 Å². The van der Waals surface area contributed by atoms with E-state index >= 15 is 0 Å². The SMILES string of the molecule is C/C=C(/C)C(=O)OC1C23O[C@]2(C[C@H]2CC[C@H](O)[C@H](C)[C@@]12C)OC(=O)[C@@H]3C. The molecule has 0 aromatic heterocycles. The number of carbonyl (C=O) groups excluding carboxylic acids is 2. The highest BCUT2D eigenvalue weighted by Gasteiger charge is 2.91. The second-order valence-electron chi connectivity index (χ2n) is 8.75. The number of allylic oxidation sites excluding steroid dienone is 1. The third kappa shape index (κ3) is 1.89. The number of ether oxygens (including phenoxy) is 3. The quantitative estimate of drug-likeness (QED) is 0.460. The van der Waals surface area contributed by atoms with E-state index in [-0.39, 0.29) is 17.8 Å². The summed E-state index contributed by atoms with van der Waals surface area (Å²) in [5.41, 5.74) is -0.909. The van der Waals surface area contributed by atoms with Crippen LogP contribution in [0.25, 0.3) is 0 Å². The van der Waals surface area contributed by atoms with Crippen LogP contribution in [-0.2, 0) is 23.8 Å². The average Bonchev–Trinajstić information content (AvgIpc) is 3.21. The molecule has 2 aliphatic heterocycles. The van der Waals surface area contributed by atoms with Crippen LogP contribution in [0.2, 0.25) is 0 Å². The third-order valence-corrected chi connectivity index (χ3v) is 7.85. The summed E-state index contributed by atoms with van der Waals surface area (Å²) >= 11 is 0. The number of hydrogen-bond donors (Lipinski definition) is 1. The van der Waals surface area contributed by atoms with Crippen LogP contribution < -0.4 is 0 Å². The molecule has 8 atom stereocenters. The van der Waals surface area contributed by atoms with Crippen LogP contribution in [0.1, 0.15) is 53.9 Å². The van der Waals surface area contributed by atoms with Gasteiger partial charge < -0.3 is 19.3 Å². The average molecular weight is 364 g/mol. The van der Waals surface area contributed by atoms with Gasteiger partial charge in [-0.25, -0.2) is 4.79 Å². The van der Waals surface area contributed by atoms with E-state index in [9.17, 15) is 14.7 Å². The van der Waals surface area contributed by atoms with Gasteiger partial charge in [0.15, 0.2) is 5.60 Å². The molecule has 2 aliphatic carbocycles. The lowest BCUT2D eigenvalue weighted by Gasteiger charge is -2.55. The van der Waals surface area contributed by atoms with Crippen molar-refractivity contribution in [3.05, 3.63) is 11.6 Å². The molecule has 4 rings (SSSR count). The summed E-state index contributed by atoms with van der Waals surface area (Å²) in [6.45, 7) is 9.37. The van der Waals surface area contributed by atoms with Crippen molar-refractivity contribution in [2.75, 3.05) is 0 Å². The molecule has 2 heterocycles. The van der Waals surface area contributed by atoms with E-state index < -0.39 is 40.9 Å². The van der Waals surface area contributed by atoms with Crippen LogP contribution >= 0.6 is 0 Å². The molecular formula is C20H28O6. The molecule has 6 heteroatoms. The van der Waals surface area contributed by atoms with Gasteiger partial charge in [-0.2, -0.15) is 0 Å². The Bertz CT molecular complexity index is 700. The second kappa shape index (κ2) is 5.32. The number of rotatable bonds is 2. The number of aliphatic hydroxyl groups is 1. The van der Waals surface area contributed by atoms with Gasteiger partial charge in [0, 0.05) is 17.4 Å². The first-order valence-electron chi connectivity index (χ1n) is 9.59. The van der Waals surface area contributed by atoms with Crippen LogP contribution in [-0.4, -0.2) is 40.6 Å². The Morgan fingerprint density at radius 3 is 2.69 bits per heavy atom. The van der Waals surface area contributed by atoms with Crippen molar-refractivity contribution >= 4 is 11.9 Å². The summed E-state index contributed by atoms with van der Waals surface area (Å²) in [6.07, 6.45) is 2.71. The number of fused-ring (bicyclic) bond motifs is 1. The monoisotopic (exact) mass is 364 g/mol. The van der Waals surface area contributed by atoms with Gasteiger partial charge in [0.25, 0.3) is 0 Å². The predicted molar refractivity (Wildman–Crippen MR) is 91.7 cm³/mol. The maximum atomic E-state index is 12.6. The van der Waals surface area contributed by atoms with Crippen molar-refractivity contribution in [1.29, 1.82) is 0 Å². The first-order valence-corrected chi connectivity index (χ1v) is 9.59. The first-order chi connectivity index (χ1) is 12.1. The highest BCUT2D eigenvalue weighted by molar-refractivity contribution is 5.88. The lowest BCUT2D eigenvalue weighted by atomic mass is 9.50. The van der Waals surface area contributed by atoms with Gasteiger partial charge in [-0.3, -0.25) is 4.79 Å². The summed E-state index contributed by atoms with van der Waals surface area (Å²) in [7, 11) is 0. The van der Waals surface area contributed by atoms with Crippen molar-refractivity contribution in [3.8, 4) is 0 Å². The van der Waals surface area contributed by atoms with Crippen molar-refractivity contribution in [1.82, 2.24) is 0 Å². The molecule has 0 aromatic carbocycles. The van der Waals surface area contributed by atoms with Gasteiger partial charge in [-0.05, 0) is 45.4 Å². The minimum absolute atomic E-state index is 0.0792. The molecule has 0 amide bonds. The third-order valence-electron chi connectivity index (χ3n) is 7.85. The Labute approximate surface area is 153 Å². The summed E-state index contributed by atoms with van der Waals surface area (Å²) < 4.78 is 17.8. The Kier molecular flexibility index (Phi) is 3.68. The number of esters is 2. The molecular weight excluding hydrogens is 336 g/mol. The summed E-state index contributed by atoms with van der Waals surface area (Å²) in [5, 5.41) is 10.6. The molecule has 2 saturated carbocycles. The van der Waals surface area contributed by atoms with E-state index in [1.807, 2.05) is 6.92 Å². The molecule has 26 heavy (non-hydrogen) atoms. The van der Waals surface area contributed by atoms with Crippen LogP contribution in [0, 0.1) is 23.2 Å². The molecule has 2 unspecified atom stereocenters. The van der Waals surface area contributed by atoms with Crippen molar-refractivity contribution in [2.24, 2.45) is 23.2 Å². The lowest BCUT2D eigenvalue weighted by Crippen LogP contribution is -2.63. The van der Waals surface area contributed by atoms with Gasteiger partial charge >= 0.3 is 11.9 Å². The van der Waals surface area contributed by atoms with E-state index in [4.69, 9.17) is 14.2 Å². The van der Waals surface area contributed by atoms with Crippen LogP contribution in [0.3, 0.4) is 0 Å². The van der Waals surface area contributed by atoms with E-state index in [1.54, 1.807) is 26.8 Å². The Morgan fingerprint density at radius 2 is 2.04 bits per heavy atom. The minimum atomic E-state index is -0.968.